The standard InChI is InChI=1S/C22H24N2O4/c1-26-22(25)16-6-4-8-18(14-16)27-13-12-24-11-5-7-17(15-24)21-23-19-9-2-3-10-20(19)28-21/h2-4,6,8-10,14,17H,5,7,11-13,15H2,1H3. The van der Waals surface area contributed by atoms with E-state index in [9.17, 15) is 4.79 Å². The van der Waals surface area contributed by atoms with Gasteiger partial charge in [-0.1, -0.05) is 18.2 Å². The highest BCUT2D eigenvalue weighted by Gasteiger charge is 2.25. The van der Waals surface area contributed by atoms with E-state index in [0.29, 0.717) is 23.8 Å². The number of fused-ring (bicyclic) bond motifs is 1. The van der Waals surface area contributed by atoms with Gasteiger partial charge in [0.2, 0.25) is 0 Å². The number of hydrogen-bond donors (Lipinski definition) is 0. The van der Waals surface area contributed by atoms with E-state index in [2.05, 4.69) is 9.88 Å². The van der Waals surface area contributed by atoms with Crippen molar-refractivity contribution >= 4 is 17.1 Å². The van der Waals surface area contributed by atoms with Crippen LogP contribution in [0.15, 0.2) is 52.9 Å². The molecule has 3 aromatic rings. The summed E-state index contributed by atoms with van der Waals surface area (Å²) in [5, 5.41) is 0. The number of ether oxygens (including phenoxy) is 2. The highest BCUT2D eigenvalue weighted by atomic mass is 16.5. The number of methoxy groups -OCH3 is 1. The Balaban J connectivity index is 1.32. The average Bonchev–Trinajstić information content (AvgIpc) is 3.18. The number of oxazole rings is 1. The minimum atomic E-state index is -0.359. The monoisotopic (exact) mass is 380 g/mol. The first-order valence-corrected chi connectivity index (χ1v) is 9.62. The molecule has 0 saturated carbocycles. The van der Waals surface area contributed by atoms with E-state index in [1.165, 1.54) is 7.11 Å². The van der Waals surface area contributed by atoms with Crippen LogP contribution in [0, 0.1) is 0 Å². The van der Waals surface area contributed by atoms with Crippen LogP contribution < -0.4 is 4.74 Å². The molecule has 0 aliphatic carbocycles. The summed E-state index contributed by atoms with van der Waals surface area (Å²) in [5.74, 6) is 1.46. The van der Waals surface area contributed by atoms with Gasteiger partial charge in [0.05, 0.1) is 12.7 Å². The largest absolute Gasteiger partial charge is 0.492 e. The van der Waals surface area contributed by atoms with E-state index in [0.717, 1.165) is 49.5 Å². The molecule has 6 heteroatoms. The molecule has 0 bridgehead atoms. The lowest BCUT2D eigenvalue weighted by Crippen LogP contribution is -2.37. The number of nitrogens with zero attached hydrogens (tertiary/aromatic N) is 2. The summed E-state index contributed by atoms with van der Waals surface area (Å²) < 4.78 is 16.6. The van der Waals surface area contributed by atoms with Crippen molar-refractivity contribution in [2.45, 2.75) is 18.8 Å². The maximum Gasteiger partial charge on any atom is 0.337 e. The molecule has 6 nitrogen and oxygen atoms in total. The predicted molar refractivity (Wildman–Crippen MR) is 106 cm³/mol. The number of piperidine rings is 1. The molecule has 1 aliphatic rings. The van der Waals surface area contributed by atoms with Crippen LogP contribution in [-0.4, -0.2) is 49.2 Å². The Labute approximate surface area is 164 Å². The maximum atomic E-state index is 11.6. The molecule has 0 spiro atoms. The number of carbonyl (C=O) groups excluding carboxylic acids is 1. The Morgan fingerprint density at radius 1 is 1.25 bits per heavy atom. The lowest BCUT2D eigenvalue weighted by atomic mass is 9.98. The van der Waals surface area contributed by atoms with E-state index < -0.39 is 0 Å². The molecular weight excluding hydrogens is 356 g/mol. The van der Waals surface area contributed by atoms with Gasteiger partial charge in [-0.3, -0.25) is 4.90 Å². The summed E-state index contributed by atoms with van der Waals surface area (Å²) in [6.07, 6.45) is 2.20. The Morgan fingerprint density at radius 3 is 3.00 bits per heavy atom. The summed E-state index contributed by atoms with van der Waals surface area (Å²) in [6, 6.07) is 15.0. The van der Waals surface area contributed by atoms with Gasteiger partial charge in [-0.15, -0.1) is 0 Å². The van der Waals surface area contributed by atoms with Gasteiger partial charge in [0.25, 0.3) is 0 Å². The molecule has 1 fully saturated rings. The van der Waals surface area contributed by atoms with Crippen molar-refractivity contribution in [1.29, 1.82) is 0 Å². The summed E-state index contributed by atoms with van der Waals surface area (Å²) >= 11 is 0. The van der Waals surface area contributed by atoms with Gasteiger partial charge in [-0.2, -0.15) is 0 Å². The highest BCUT2D eigenvalue weighted by molar-refractivity contribution is 5.89. The topological polar surface area (TPSA) is 64.8 Å². The summed E-state index contributed by atoms with van der Waals surface area (Å²) in [5.41, 5.74) is 2.26. The van der Waals surface area contributed by atoms with Crippen LogP contribution in [0.5, 0.6) is 5.75 Å². The number of likely N-dealkylation sites (tertiary alicyclic amines) is 1. The molecule has 4 rings (SSSR count). The van der Waals surface area contributed by atoms with Gasteiger partial charge in [0.1, 0.15) is 17.9 Å². The van der Waals surface area contributed by atoms with Crippen LogP contribution in [-0.2, 0) is 4.74 Å². The van der Waals surface area contributed by atoms with Crippen molar-refractivity contribution < 1.29 is 18.7 Å². The Morgan fingerprint density at radius 2 is 2.14 bits per heavy atom. The molecule has 28 heavy (non-hydrogen) atoms. The van der Waals surface area contributed by atoms with Crippen LogP contribution in [0.3, 0.4) is 0 Å². The summed E-state index contributed by atoms with van der Waals surface area (Å²) in [7, 11) is 1.37. The van der Waals surface area contributed by atoms with E-state index in [1.807, 2.05) is 30.3 Å². The number of esters is 1. The molecule has 1 unspecified atom stereocenters. The summed E-state index contributed by atoms with van der Waals surface area (Å²) in [6.45, 7) is 3.34. The normalized spacial score (nSPS) is 17.5. The van der Waals surface area contributed by atoms with Gasteiger partial charge in [0.15, 0.2) is 11.5 Å². The molecule has 0 amide bonds. The fraction of sp³-hybridized carbons (Fsp3) is 0.364. The molecule has 2 aromatic carbocycles. The third-order valence-electron chi connectivity index (χ3n) is 5.10. The average molecular weight is 380 g/mol. The van der Waals surface area contributed by atoms with Crippen LogP contribution in [0.1, 0.15) is 35.0 Å². The Kier molecular flexibility index (Phi) is 5.58. The zero-order valence-electron chi connectivity index (χ0n) is 16.0. The van der Waals surface area contributed by atoms with E-state index in [4.69, 9.17) is 13.9 Å². The minimum absolute atomic E-state index is 0.309. The van der Waals surface area contributed by atoms with Crippen LogP contribution in [0.4, 0.5) is 0 Å². The molecule has 1 aliphatic heterocycles. The molecule has 146 valence electrons. The second-order valence-electron chi connectivity index (χ2n) is 7.03. The second kappa shape index (κ2) is 8.44. The molecule has 1 saturated heterocycles. The van der Waals surface area contributed by atoms with Crippen LogP contribution >= 0.6 is 0 Å². The third-order valence-corrected chi connectivity index (χ3v) is 5.10. The molecule has 1 aromatic heterocycles. The quantitative estimate of drug-likeness (QED) is 0.605. The third kappa shape index (κ3) is 4.17. The minimum Gasteiger partial charge on any atom is -0.492 e. The number of aromatic nitrogens is 1. The molecular formula is C22H24N2O4. The fourth-order valence-electron chi connectivity index (χ4n) is 3.65. The lowest BCUT2D eigenvalue weighted by Gasteiger charge is -2.31. The molecule has 1 atom stereocenters. The predicted octanol–water partition coefficient (Wildman–Crippen LogP) is 3.87. The smallest absolute Gasteiger partial charge is 0.337 e. The SMILES string of the molecule is COC(=O)c1cccc(OCCN2CCCC(c3nc4ccccc4o3)C2)c1. The molecule has 0 N–H and O–H groups in total. The zero-order valence-corrected chi connectivity index (χ0v) is 16.0. The fourth-order valence-corrected chi connectivity index (χ4v) is 3.65. The van der Waals surface area contributed by atoms with E-state index in [1.54, 1.807) is 18.2 Å². The summed E-state index contributed by atoms with van der Waals surface area (Å²) in [4.78, 5) is 18.7. The number of benzene rings is 2. The Bertz CT molecular complexity index is 919. The Hall–Kier alpha value is -2.86. The highest BCUT2D eigenvalue weighted by Crippen LogP contribution is 2.28. The second-order valence-corrected chi connectivity index (χ2v) is 7.03. The van der Waals surface area contributed by atoms with Gasteiger partial charge in [0, 0.05) is 19.0 Å². The lowest BCUT2D eigenvalue weighted by molar-refractivity contribution is 0.0600. The van der Waals surface area contributed by atoms with Crippen LogP contribution in [0.25, 0.3) is 11.1 Å². The van der Waals surface area contributed by atoms with Crippen molar-refractivity contribution in [1.82, 2.24) is 9.88 Å². The van der Waals surface area contributed by atoms with Crippen LogP contribution in [0.2, 0.25) is 0 Å². The van der Waals surface area contributed by atoms with Gasteiger partial charge in [-0.05, 0) is 49.7 Å². The van der Waals surface area contributed by atoms with Crippen molar-refractivity contribution in [3.63, 3.8) is 0 Å². The van der Waals surface area contributed by atoms with E-state index in [-0.39, 0.29) is 5.97 Å². The van der Waals surface area contributed by atoms with Crippen molar-refractivity contribution in [2.24, 2.45) is 0 Å². The number of hydrogen-bond acceptors (Lipinski definition) is 6. The number of para-hydroxylation sites is 2. The van der Waals surface area contributed by atoms with Crippen molar-refractivity contribution in [3.8, 4) is 5.75 Å². The van der Waals surface area contributed by atoms with Gasteiger partial charge >= 0.3 is 5.97 Å². The van der Waals surface area contributed by atoms with Gasteiger partial charge in [-0.25, -0.2) is 9.78 Å². The molecule has 2 heterocycles. The zero-order chi connectivity index (χ0) is 19.3. The van der Waals surface area contributed by atoms with E-state index >= 15 is 0 Å². The van der Waals surface area contributed by atoms with Gasteiger partial charge < -0.3 is 13.9 Å². The maximum absolute atomic E-state index is 11.6. The molecule has 0 radical (unpaired) electrons. The number of carbonyl (C=O) groups is 1. The first-order valence-electron chi connectivity index (χ1n) is 9.62. The van der Waals surface area contributed by atoms with Crippen molar-refractivity contribution in [3.05, 3.63) is 60.0 Å². The number of rotatable bonds is 6. The first-order chi connectivity index (χ1) is 13.7. The van der Waals surface area contributed by atoms with Crippen molar-refractivity contribution in [2.75, 3.05) is 33.4 Å². The first kappa shape index (κ1) is 18.5.